The summed E-state index contributed by atoms with van der Waals surface area (Å²) in [7, 11) is 0. The lowest BCUT2D eigenvalue weighted by Gasteiger charge is -2.12. The number of carbonyl (C=O) groups excluding carboxylic acids is 1. The van der Waals surface area contributed by atoms with Crippen molar-refractivity contribution in [2.45, 2.75) is 33.7 Å². The molecular formula is C11H21Cl2N3OS. The second-order valence-electron chi connectivity index (χ2n) is 3.82. The molecule has 1 atom stereocenters. The standard InChI is InChI=1S/C11H19N3OS.2ClH/c1-5-12-7(2)6-13-11(15)10-8(3)14-9(4)16-10;;/h7,12H,5-6H2,1-4H3,(H,13,15);2*1H/t7-;;/m1../s1. The average Bonchev–Trinajstić information content (AvgIpc) is 2.55. The molecule has 0 aliphatic carbocycles. The molecule has 0 aliphatic rings. The van der Waals surface area contributed by atoms with Gasteiger partial charge in [0, 0.05) is 12.6 Å². The molecule has 7 heteroatoms. The van der Waals surface area contributed by atoms with E-state index in [-0.39, 0.29) is 30.7 Å². The molecular weight excluding hydrogens is 293 g/mol. The molecule has 0 saturated heterocycles. The molecule has 1 amide bonds. The van der Waals surface area contributed by atoms with Gasteiger partial charge in [-0.15, -0.1) is 36.2 Å². The largest absolute Gasteiger partial charge is 0.350 e. The van der Waals surface area contributed by atoms with Crippen molar-refractivity contribution in [1.82, 2.24) is 15.6 Å². The molecule has 0 fully saturated rings. The van der Waals surface area contributed by atoms with E-state index in [0.29, 0.717) is 12.6 Å². The third kappa shape index (κ3) is 6.00. The SMILES string of the molecule is CCN[C@H](C)CNC(=O)c1sc(C)nc1C.Cl.Cl. The van der Waals surface area contributed by atoms with E-state index in [0.717, 1.165) is 22.1 Å². The number of halogens is 2. The van der Waals surface area contributed by atoms with Crippen LogP contribution in [-0.2, 0) is 0 Å². The maximum Gasteiger partial charge on any atom is 0.263 e. The summed E-state index contributed by atoms with van der Waals surface area (Å²) >= 11 is 1.44. The van der Waals surface area contributed by atoms with Crippen molar-refractivity contribution in [3.05, 3.63) is 15.6 Å². The van der Waals surface area contributed by atoms with Crippen LogP contribution in [0.25, 0.3) is 0 Å². The number of amides is 1. The molecule has 0 bridgehead atoms. The maximum absolute atomic E-state index is 11.8. The van der Waals surface area contributed by atoms with E-state index in [1.165, 1.54) is 11.3 Å². The van der Waals surface area contributed by atoms with Crippen molar-refractivity contribution >= 4 is 42.1 Å². The van der Waals surface area contributed by atoms with E-state index in [1.54, 1.807) is 0 Å². The van der Waals surface area contributed by atoms with Crippen LogP contribution in [0, 0.1) is 13.8 Å². The highest BCUT2D eigenvalue weighted by molar-refractivity contribution is 7.13. The Morgan fingerprint density at radius 3 is 2.44 bits per heavy atom. The number of thiazole rings is 1. The Hall–Kier alpha value is -0.360. The maximum atomic E-state index is 11.8. The predicted molar refractivity (Wildman–Crippen MR) is 81.6 cm³/mol. The molecule has 0 saturated carbocycles. The number of nitrogens with zero attached hydrogens (tertiary/aromatic N) is 1. The van der Waals surface area contributed by atoms with Crippen LogP contribution < -0.4 is 10.6 Å². The van der Waals surface area contributed by atoms with Gasteiger partial charge < -0.3 is 10.6 Å². The third-order valence-corrected chi connectivity index (χ3v) is 3.30. The summed E-state index contributed by atoms with van der Waals surface area (Å²) in [5.41, 5.74) is 0.816. The molecule has 0 aliphatic heterocycles. The highest BCUT2D eigenvalue weighted by Crippen LogP contribution is 2.16. The van der Waals surface area contributed by atoms with Crippen LogP contribution in [0.4, 0.5) is 0 Å². The van der Waals surface area contributed by atoms with Gasteiger partial charge in [0.15, 0.2) is 0 Å². The van der Waals surface area contributed by atoms with Crippen LogP contribution in [0.5, 0.6) is 0 Å². The molecule has 18 heavy (non-hydrogen) atoms. The van der Waals surface area contributed by atoms with E-state index in [9.17, 15) is 4.79 Å². The van der Waals surface area contributed by atoms with Gasteiger partial charge in [-0.3, -0.25) is 4.79 Å². The van der Waals surface area contributed by atoms with Crippen LogP contribution in [0.1, 0.15) is 34.2 Å². The number of nitrogens with one attached hydrogen (secondary N) is 2. The summed E-state index contributed by atoms with van der Waals surface area (Å²) in [6.45, 7) is 9.43. The second-order valence-corrected chi connectivity index (χ2v) is 5.02. The first-order chi connectivity index (χ1) is 7.54. The number of aryl methyl sites for hydroxylation is 2. The molecule has 1 aromatic rings. The van der Waals surface area contributed by atoms with Crippen molar-refractivity contribution in [1.29, 1.82) is 0 Å². The topological polar surface area (TPSA) is 54.0 Å². The number of aromatic nitrogens is 1. The Labute approximate surface area is 125 Å². The summed E-state index contributed by atoms with van der Waals surface area (Å²) in [4.78, 5) is 16.8. The summed E-state index contributed by atoms with van der Waals surface area (Å²) in [5.74, 6) is -0.0205. The fourth-order valence-electron chi connectivity index (χ4n) is 1.49. The van der Waals surface area contributed by atoms with Crippen molar-refractivity contribution < 1.29 is 4.79 Å². The van der Waals surface area contributed by atoms with Crippen molar-refractivity contribution in [3.8, 4) is 0 Å². The van der Waals surface area contributed by atoms with Crippen LogP contribution in [0.15, 0.2) is 0 Å². The van der Waals surface area contributed by atoms with E-state index in [1.807, 2.05) is 13.8 Å². The summed E-state index contributed by atoms with van der Waals surface area (Å²) < 4.78 is 0. The Morgan fingerprint density at radius 2 is 2.00 bits per heavy atom. The Bertz CT molecular complexity index is 371. The molecule has 1 aromatic heterocycles. The van der Waals surface area contributed by atoms with Gasteiger partial charge in [0.2, 0.25) is 0 Å². The number of carbonyl (C=O) groups is 1. The molecule has 0 aromatic carbocycles. The van der Waals surface area contributed by atoms with E-state index < -0.39 is 0 Å². The van der Waals surface area contributed by atoms with Gasteiger partial charge in [0.1, 0.15) is 4.88 Å². The normalized spacial score (nSPS) is 11.1. The van der Waals surface area contributed by atoms with Crippen LogP contribution in [0.3, 0.4) is 0 Å². The van der Waals surface area contributed by atoms with Gasteiger partial charge in [-0.1, -0.05) is 6.92 Å². The number of hydrogen-bond acceptors (Lipinski definition) is 4. The van der Waals surface area contributed by atoms with Gasteiger partial charge in [0.25, 0.3) is 5.91 Å². The van der Waals surface area contributed by atoms with Gasteiger partial charge in [0.05, 0.1) is 10.7 Å². The lowest BCUT2D eigenvalue weighted by molar-refractivity contribution is 0.0953. The molecule has 2 N–H and O–H groups in total. The molecule has 0 radical (unpaired) electrons. The number of rotatable bonds is 5. The molecule has 1 heterocycles. The smallest absolute Gasteiger partial charge is 0.263 e. The first-order valence-electron chi connectivity index (χ1n) is 5.50. The monoisotopic (exact) mass is 313 g/mol. The minimum absolute atomic E-state index is 0. The Balaban J connectivity index is 0. The zero-order valence-electron chi connectivity index (χ0n) is 11.1. The molecule has 106 valence electrons. The third-order valence-electron chi connectivity index (χ3n) is 2.23. The fraction of sp³-hybridized carbons (Fsp3) is 0.636. The average molecular weight is 314 g/mol. The fourth-order valence-corrected chi connectivity index (χ4v) is 2.32. The summed E-state index contributed by atoms with van der Waals surface area (Å²) in [6.07, 6.45) is 0. The Morgan fingerprint density at radius 1 is 1.39 bits per heavy atom. The highest BCUT2D eigenvalue weighted by atomic mass is 35.5. The quantitative estimate of drug-likeness (QED) is 0.877. The lowest BCUT2D eigenvalue weighted by atomic mass is 10.3. The minimum Gasteiger partial charge on any atom is -0.350 e. The molecule has 0 spiro atoms. The highest BCUT2D eigenvalue weighted by Gasteiger charge is 2.13. The van der Waals surface area contributed by atoms with E-state index >= 15 is 0 Å². The number of hydrogen-bond donors (Lipinski definition) is 2. The zero-order valence-corrected chi connectivity index (χ0v) is 13.5. The first kappa shape index (κ1) is 20.0. The lowest BCUT2D eigenvalue weighted by Crippen LogP contribution is -2.38. The summed E-state index contributed by atoms with van der Waals surface area (Å²) in [5, 5.41) is 7.08. The predicted octanol–water partition coefficient (Wildman–Crippen LogP) is 2.33. The van der Waals surface area contributed by atoms with Gasteiger partial charge >= 0.3 is 0 Å². The second kappa shape index (κ2) is 9.55. The van der Waals surface area contributed by atoms with Gasteiger partial charge in [-0.05, 0) is 27.3 Å². The summed E-state index contributed by atoms with van der Waals surface area (Å²) in [6, 6.07) is 0.295. The van der Waals surface area contributed by atoms with Crippen LogP contribution in [0.2, 0.25) is 0 Å². The van der Waals surface area contributed by atoms with Crippen LogP contribution >= 0.6 is 36.2 Å². The van der Waals surface area contributed by atoms with E-state index in [4.69, 9.17) is 0 Å². The van der Waals surface area contributed by atoms with Gasteiger partial charge in [-0.25, -0.2) is 4.98 Å². The molecule has 1 rings (SSSR count). The van der Waals surface area contributed by atoms with Crippen molar-refractivity contribution in [2.75, 3.05) is 13.1 Å². The van der Waals surface area contributed by atoms with Crippen LogP contribution in [-0.4, -0.2) is 30.0 Å². The Kier molecular flexibility index (Phi) is 10.6. The van der Waals surface area contributed by atoms with Gasteiger partial charge in [-0.2, -0.15) is 0 Å². The number of likely N-dealkylation sites (N-methyl/N-ethyl adjacent to an activating group) is 1. The molecule has 4 nitrogen and oxygen atoms in total. The van der Waals surface area contributed by atoms with Crippen molar-refractivity contribution in [2.24, 2.45) is 0 Å². The van der Waals surface area contributed by atoms with Crippen molar-refractivity contribution in [3.63, 3.8) is 0 Å². The minimum atomic E-state index is -0.0205. The zero-order chi connectivity index (χ0) is 12.1. The molecule has 0 unspecified atom stereocenters. The first-order valence-corrected chi connectivity index (χ1v) is 6.31. The van der Waals surface area contributed by atoms with E-state index in [2.05, 4.69) is 29.5 Å².